The molecule has 0 atom stereocenters. The number of nitrogens with zero attached hydrogens (tertiary/aromatic N) is 2. The Balaban J connectivity index is 1.51. The maximum atomic E-state index is 12.9. The monoisotopic (exact) mass is 406 g/mol. The second-order valence-electron chi connectivity index (χ2n) is 7.92. The van der Waals surface area contributed by atoms with E-state index in [4.69, 9.17) is 4.74 Å². The van der Waals surface area contributed by atoms with Crippen molar-refractivity contribution in [2.24, 2.45) is 0 Å². The largest absolute Gasteiger partial charge is 0.492 e. The van der Waals surface area contributed by atoms with Gasteiger partial charge in [0.1, 0.15) is 12.4 Å². The second kappa shape index (κ2) is 9.08. The number of alkyl halides is 3. The SMILES string of the molecule is Cc1ccc(C(C)C)c(OCCN2CCN(c3cccc(C(F)(F)F)c3)CC2)c1. The lowest BCUT2D eigenvalue weighted by Crippen LogP contribution is -2.47. The zero-order chi connectivity index (χ0) is 21.0. The molecule has 1 heterocycles. The third-order valence-electron chi connectivity index (χ3n) is 5.37. The second-order valence-corrected chi connectivity index (χ2v) is 7.92. The van der Waals surface area contributed by atoms with Gasteiger partial charge in [0.25, 0.3) is 0 Å². The van der Waals surface area contributed by atoms with Crippen LogP contribution in [0, 0.1) is 6.92 Å². The summed E-state index contributed by atoms with van der Waals surface area (Å²) in [5.41, 5.74) is 2.44. The van der Waals surface area contributed by atoms with Crippen LogP contribution < -0.4 is 9.64 Å². The molecule has 3 rings (SSSR count). The number of piperazine rings is 1. The third-order valence-corrected chi connectivity index (χ3v) is 5.37. The van der Waals surface area contributed by atoms with Crippen molar-refractivity contribution >= 4 is 5.69 Å². The Morgan fingerprint density at radius 2 is 1.72 bits per heavy atom. The number of halogens is 3. The van der Waals surface area contributed by atoms with E-state index in [9.17, 15) is 13.2 Å². The fourth-order valence-electron chi connectivity index (χ4n) is 3.64. The van der Waals surface area contributed by atoms with E-state index in [-0.39, 0.29) is 0 Å². The van der Waals surface area contributed by atoms with Crippen molar-refractivity contribution in [2.75, 3.05) is 44.2 Å². The van der Waals surface area contributed by atoms with Gasteiger partial charge in [-0.15, -0.1) is 0 Å². The average molecular weight is 406 g/mol. The van der Waals surface area contributed by atoms with Crippen LogP contribution in [0.1, 0.15) is 36.5 Å². The maximum absolute atomic E-state index is 12.9. The molecule has 0 aromatic heterocycles. The highest BCUT2D eigenvalue weighted by Crippen LogP contribution is 2.32. The van der Waals surface area contributed by atoms with Crippen molar-refractivity contribution in [3.8, 4) is 5.75 Å². The Labute approximate surface area is 171 Å². The summed E-state index contributed by atoms with van der Waals surface area (Å²) in [5, 5.41) is 0. The molecule has 0 amide bonds. The van der Waals surface area contributed by atoms with E-state index in [1.54, 1.807) is 6.07 Å². The van der Waals surface area contributed by atoms with Crippen molar-refractivity contribution in [1.29, 1.82) is 0 Å². The molecule has 3 nitrogen and oxygen atoms in total. The third kappa shape index (κ3) is 5.66. The smallest absolute Gasteiger partial charge is 0.416 e. The zero-order valence-electron chi connectivity index (χ0n) is 17.3. The number of hydrogen-bond donors (Lipinski definition) is 0. The summed E-state index contributed by atoms with van der Waals surface area (Å²) < 4.78 is 44.9. The molecule has 1 saturated heterocycles. The number of rotatable bonds is 6. The fraction of sp³-hybridized carbons (Fsp3) is 0.478. The molecule has 1 fully saturated rings. The summed E-state index contributed by atoms with van der Waals surface area (Å²) in [4.78, 5) is 4.32. The van der Waals surface area contributed by atoms with Gasteiger partial charge in [0.15, 0.2) is 0 Å². The Morgan fingerprint density at radius 1 is 1.00 bits per heavy atom. The highest BCUT2D eigenvalue weighted by Gasteiger charge is 2.31. The summed E-state index contributed by atoms with van der Waals surface area (Å²) in [5.74, 6) is 1.35. The van der Waals surface area contributed by atoms with Gasteiger partial charge in [-0.1, -0.05) is 32.0 Å². The van der Waals surface area contributed by atoms with Crippen LogP contribution in [0.4, 0.5) is 18.9 Å². The average Bonchev–Trinajstić information content (AvgIpc) is 2.68. The summed E-state index contributed by atoms with van der Waals surface area (Å²) in [6.45, 7) is 10.8. The normalized spacial score (nSPS) is 15.8. The van der Waals surface area contributed by atoms with Gasteiger partial charge >= 0.3 is 6.18 Å². The topological polar surface area (TPSA) is 15.7 Å². The first-order valence-electron chi connectivity index (χ1n) is 10.1. The van der Waals surface area contributed by atoms with Crippen LogP contribution in [0.2, 0.25) is 0 Å². The van der Waals surface area contributed by atoms with Crippen molar-refractivity contribution in [3.63, 3.8) is 0 Å². The molecule has 158 valence electrons. The van der Waals surface area contributed by atoms with Gasteiger partial charge in [0, 0.05) is 38.4 Å². The highest BCUT2D eigenvalue weighted by atomic mass is 19.4. The predicted molar refractivity (Wildman–Crippen MR) is 111 cm³/mol. The summed E-state index contributed by atoms with van der Waals surface area (Å²) in [7, 11) is 0. The van der Waals surface area contributed by atoms with Gasteiger partial charge in [0.2, 0.25) is 0 Å². The number of aryl methyl sites for hydroxylation is 1. The lowest BCUT2D eigenvalue weighted by molar-refractivity contribution is -0.137. The number of hydrogen-bond acceptors (Lipinski definition) is 3. The number of benzene rings is 2. The van der Waals surface area contributed by atoms with E-state index in [1.165, 1.54) is 23.3 Å². The Kier molecular flexibility index (Phi) is 6.73. The zero-order valence-corrected chi connectivity index (χ0v) is 17.3. The van der Waals surface area contributed by atoms with Crippen molar-refractivity contribution in [3.05, 3.63) is 59.2 Å². The van der Waals surface area contributed by atoms with Crippen molar-refractivity contribution in [1.82, 2.24) is 4.90 Å². The molecular formula is C23H29F3N2O. The minimum Gasteiger partial charge on any atom is -0.492 e. The molecule has 1 aliphatic rings. The maximum Gasteiger partial charge on any atom is 0.416 e. The molecule has 0 unspecified atom stereocenters. The Bertz CT molecular complexity index is 812. The van der Waals surface area contributed by atoms with Crippen LogP contribution in [0.5, 0.6) is 5.75 Å². The van der Waals surface area contributed by atoms with Gasteiger partial charge in [-0.25, -0.2) is 0 Å². The highest BCUT2D eigenvalue weighted by molar-refractivity contribution is 5.49. The first-order valence-corrected chi connectivity index (χ1v) is 10.1. The van der Waals surface area contributed by atoms with Gasteiger partial charge in [-0.3, -0.25) is 4.90 Å². The van der Waals surface area contributed by atoms with Crippen LogP contribution in [0.25, 0.3) is 0 Å². The van der Waals surface area contributed by atoms with Crippen molar-refractivity contribution in [2.45, 2.75) is 32.9 Å². The quantitative estimate of drug-likeness (QED) is 0.644. The summed E-state index contributed by atoms with van der Waals surface area (Å²) in [6.07, 6.45) is -4.31. The Morgan fingerprint density at radius 3 is 2.38 bits per heavy atom. The summed E-state index contributed by atoms with van der Waals surface area (Å²) >= 11 is 0. The summed E-state index contributed by atoms with van der Waals surface area (Å²) in [6, 6.07) is 11.9. The minimum atomic E-state index is -4.31. The molecule has 0 N–H and O–H groups in total. The first-order chi connectivity index (χ1) is 13.7. The van der Waals surface area contributed by atoms with Gasteiger partial charge in [-0.2, -0.15) is 13.2 Å². The molecule has 0 aliphatic carbocycles. The molecule has 2 aromatic rings. The van der Waals surface area contributed by atoms with E-state index < -0.39 is 11.7 Å². The van der Waals surface area contributed by atoms with Crippen LogP contribution in [0.15, 0.2) is 42.5 Å². The molecule has 0 radical (unpaired) electrons. The van der Waals surface area contributed by atoms with E-state index in [1.807, 2.05) is 4.90 Å². The van der Waals surface area contributed by atoms with Crippen molar-refractivity contribution < 1.29 is 17.9 Å². The van der Waals surface area contributed by atoms with Gasteiger partial charge in [-0.05, 0) is 48.2 Å². The number of ether oxygens (including phenoxy) is 1. The van der Waals surface area contributed by atoms with Crippen LogP contribution in [0.3, 0.4) is 0 Å². The molecular weight excluding hydrogens is 377 g/mol. The lowest BCUT2D eigenvalue weighted by atomic mass is 10.0. The van der Waals surface area contributed by atoms with E-state index in [0.717, 1.165) is 31.5 Å². The molecule has 0 saturated carbocycles. The first kappa shape index (κ1) is 21.5. The molecule has 0 spiro atoms. The molecule has 29 heavy (non-hydrogen) atoms. The van der Waals surface area contributed by atoms with Crippen LogP contribution in [-0.2, 0) is 6.18 Å². The molecule has 6 heteroatoms. The van der Waals surface area contributed by atoms with Crippen LogP contribution >= 0.6 is 0 Å². The predicted octanol–water partition coefficient (Wildman–Crippen LogP) is 5.34. The molecule has 1 aliphatic heterocycles. The Hall–Kier alpha value is -2.21. The van der Waals surface area contributed by atoms with E-state index in [0.29, 0.717) is 31.3 Å². The van der Waals surface area contributed by atoms with Crippen LogP contribution in [-0.4, -0.2) is 44.2 Å². The lowest BCUT2D eigenvalue weighted by Gasteiger charge is -2.36. The fourth-order valence-corrected chi connectivity index (χ4v) is 3.64. The van der Waals surface area contributed by atoms with E-state index in [2.05, 4.69) is 43.9 Å². The minimum absolute atomic E-state index is 0.404. The molecule has 2 aromatic carbocycles. The van der Waals surface area contributed by atoms with E-state index >= 15 is 0 Å². The van der Waals surface area contributed by atoms with Gasteiger partial charge < -0.3 is 9.64 Å². The standard InChI is InChI=1S/C23H29F3N2O/c1-17(2)21-8-7-18(3)15-22(21)29-14-13-27-9-11-28(12-10-27)20-6-4-5-19(16-20)23(24,25)26/h4-8,15-17H,9-14H2,1-3H3. The number of anilines is 1. The molecule has 0 bridgehead atoms. The van der Waals surface area contributed by atoms with Gasteiger partial charge in [0.05, 0.1) is 5.56 Å².